The van der Waals surface area contributed by atoms with Gasteiger partial charge in [0, 0.05) is 11.6 Å². The number of hydrogen-bond acceptors (Lipinski definition) is 3. The number of nitrogens with one attached hydrogen (secondary N) is 1. The molecule has 0 aliphatic carbocycles. The third-order valence-electron chi connectivity index (χ3n) is 1.96. The minimum atomic E-state index is 0.566. The zero-order chi connectivity index (χ0) is 9.26. The van der Waals surface area contributed by atoms with E-state index in [1.807, 2.05) is 12.1 Å². The van der Waals surface area contributed by atoms with E-state index >= 15 is 0 Å². The van der Waals surface area contributed by atoms with Crippen LogP contribution in [0.5, 0.6) is 0 Å². The SMILES string of the molecule is C/C(=N\O)c1cc2ccncc2[nH]1. The molecule has 0 saturated carbocycles. The van der Waals surface area contributed by atoms with Crippen LogP contribution in [0.1, 0.15) is 12.6 Å². The number of pyridine rings is 1. The van der Waals surface area contributed by atoms with E-state index in [-0.39, 0.29) is 0 Å². The molecule has 0 aliphatic rings. The fourth-order valence-electron chi connectivity index (χ4n) is 1.22. The molecular weight excluding hydrogens is 166 g/mol. The van der Waals surface area contributed by atoms with Crippen LogP contribution in [-0.2, 0) is 0 Å². The number of H-pyrrole nitrogens is 1. The summed E-state index contributed by atoms with van der Waals surface area (Å²) >= 11 is 0. The molecule has 0 atom stereocenters. The van der Waals surface area contributed by atoms with E-state index in [1.54, 1.807) is 19.3 Å². The standard InChI is InChI=1S/C9H9N3O/c1-6(12-13)8-4-7-2-3-10-5-9(7)11-8/h2-5,11,13H,1H3/b12-6+. The molecule has 4 nitrogen and oxygen atoms in total. The monoisotopic (exact) mass is 175 g/mol. The lowest BCUT2D eigenvalue weighted by Gasteiger charge is -1.89. The lowest BCUT2D eigenvalue weighted by Crippen LogP contribution is -1.93. The molecule has 2 aromatic rings. The van der Waals surface area contributed by atoms with Crippen molar-refractivity contribution in [1.29, 1.82) is 0 Å². The van der Waals surface area contributed by atoms with Gasteiger partial charge in [-0.15, -0.1) is 0 Å². The van der Waals surface area contributed by atoms with Gasteiger partial charge in [-0.05, 0) is 19.1 Å². The molecule has 13 heavy (non-hydrogen) atoms. The normalized spacial score (nSPS) is 12.2. The first-order chi connectivity index (χ1) is 6.31. The number of oxime groups is 1. The van der Waals surface area contributed by atoms with Gasteiger partial charge in [-0.1, -0.05) is 5.16 Å². The Morgan fingerprint density at radius 3 is 3.15 bits per heavy atom. The fraction of sp³-hybridized carbons (Fsp3) is 0.111. The van der Waals surface area contributed by atoms with Gasteiger partial charge in [0.15, 0.2) is 0 Å². The molecule has 2 rings (SSSR count). The molecule has 2 heterocycles. The molecule has 2 aromatic heterocycles. The van der Waals surface area contributed by atoms with Crippen LogP contribution in [0.25, 0.3) is 10.9 Å². The van der Waals surface area contributed by atoms with E-state index in [0.29, 0.717) is 5.71 Å². The van der Waals surface area contributed by atoms with Crippen molar-refractivity contribution in [2.24, 2.45) is 5.16 Å². The van der Waals surface area contributed by atoms with Crippen LogP contribution in [0.2, 0.25) is 0 Å². The van der Waals surface area contributed by atoms with E-state index in [2.05, 4.69) is 15.1 Å². The topological polar surface area (TPSA) is 61.3 Å². The van der Waals surface area contributed by atoms with Crippen LogP contribution < -0.4 is 0 Å². The predicted octanol–water partition coefficient (Wildman–Crippen LogP) is 1.76. The molecule has 0 saturated heterocycles. The van der Waals surface area contributed by atoms with Crippen LogP contribution in [-0.4, -0.2) is 20.9 Å². The molecule has 0 unspecified atom stereocenters. The van der Waals surface area contributed by atoms with Crippen molar-refractivity contribution < 1.29 is 5.21 Å². The summed E-state index contributed by atoms with van der Waals surface area (Å²) in [4.78, 5) is 7.07. The second kappa shape index (κ2) is 2.90. The Hall–Kier alpha value is -1.84. The number of rotatable bonds is 1. The highest BCUT2D eigenvalue weighted by Crippen LogP contribution is 2.13. The van der Waals surface area contributed by atoms with Crippen molar-refractivity contribution in [1.82, 2.24) is 9.97 Å². The molecule has 0 amide bonds. The van der Waals surface area contributed by atoms with Crippen LogP contribution >= 0.6 is 0 Å². The fourth-order valence-corrected chi connectivity index (χ4v) is 1.22. The maximum absolute atomic E-state index is 8.57. The highest BCUT2D eigenvalue weighted by Gasteiger charge is 2.02. The first kappa shape index (κ1) is 7.79. The largest absolute Gasteiger partial charge is 0.411 e. The van der Waals surface area contributed by atoms with Crippen molar-refractivity contribution in [3.8, 4) is 0 Å². The second-order valence-corrected chi connectivity index (χ2v) is 2.83. The van der Waals surface area contributed by atoms with Crippen molar-refractivity contribution in [3.63, 3.8) is 0 Å². The molecule has 0 bridgehead atoms. The maximum Gasteiger partial charge on any atom is 0.0999 e. The Morgan fingerprint density at radius 1 is 1.62 bits per heavy atom. The highest BCUT2D eigenvalue weighted by molar-refractivity contribution is 6.00. The molecule has 0 aliphatic heterocycles. The summed E-state index contributed by atoms with van der Waals surface area (Å²) in [6, 6.07) is 3.83. The first-order valence-electron chi connectivity index (χ1n) is 3.93. The molecule has 2 N–H and O–H groups in total. The number of aromatic amines is 1. The van der Waals surface area contributed by atoms with Crippen molar-refractivity contribution in [2.45, 2.75) is 6.92 Å². The van der Waals surface area contributed by atoms with Gasteiger partial charge in [0.1, 0.15) is 0 Å². The summed E-state index contributed by atoms with van der Waals surface area (Å²) in [6.07, 6.45) is 3.47. The molecule has 66 valence electrons. The van der Waals surface area contributed by atoms with E-state index in [1.165, 1.54) is 0 Å². The zero-order valence-electron chi connectivity index (χ0n) is 7.15. The van der Waals surface area contributed by atoms with E-state index in [9.17, 15) is 0 Å². The third-order valence-corrected chi connectivity index (χ3v) is 1.96. The Labute approximate surface area is 74.9 Å². The highest BCUT2D eigenvalue weighted by atomic mass is 16.4. The molecule has 0 fully saturated rings. The predicted molar refractivity (Wildman–Crippen MR) is 50.1 cm³/mol. The van der Waals surface area contributed by atoms with Gasteiger partial charge in [0.25, 0.3) is 0 Å². The first-order valence-corrected chi connectivity index (χ1v) is 3.93. The Bertz CT molecular complexity index is 426. The minimum absolute atomic E-state index is 0.566. The summed E-state index contributed by atoms with van der Waals surface area (Å²) in [5.74, 6) is 0. The lowest BCUT2D eigenvalue weighted by atomic mass is 10.2. The van der Waals surface area contributed by atoms with E-state index < -0.39 is 0 Å². The Morgan fingerprint density at radius 2 is 2.46 bits per heavy atom. The Balaban J connectivity index is 2.62. The molecular formula is C9H9N3O. The van der Waals surface area contributed by atoms with Crippen molar-refractivity contribution >= 4 is 16.6 Å². The van der Waals surface area contributed by atoms with Gasteiger partial charge in [0.2, 0.25) is 0 Å². The van der Waals surface area contributed by atoms with Gasteiger partial charge < -0.3 is 10.2 Å². The quantitative estimate of drug-likeness (QED) is 0.394. The maximum atomic E-state index is 8.57. The summed E-state index contributed by atoms with van der Waals surface area (Å²) < 4.78 is 0. The lowest BCUT2D eigenvalue weighted by molar-refractivity contribution is 0.319. The molecule has 0 radical (unpaired) electrons. The number of fused-ring (bicyclic) bond motifs is 1. The average Bonchev–Trinajstić information content (AvgIpc) is 2.59. The third kappa shape index (κ3) is 1.26. The number of hydrogen-bond donors (Lipinski definition) is 2. The number of nitrogens with zero attached hydrogens (tertiary/aromatic N) is 2. The van der Waals surface area contributed by atoms with Crippen LogP contribution in [0.3, 0.4) is 0 Å². The van der Waals surface area contributed by atoms with Crippen LogP contribution in [0.4, 0.5) is 0 Å². The van der Waals surface area contributed by atoms with Crippen LogP contribution in [0, 0.1) is 0 Å². The van der Waals surface area contributed by atoms with Gasteiger partial charge in [-0.25, -0.2) is 0 Å². The van der Waals surface area contributed by atoms with Crippen LogP contribution in [0.15, 0.2) is 29.7 Å². The van der Waals surface area contributed by atoms with Gasteiger partial charge in [-0.3, -0.25) is 4.98 Å². The molecule has 4 heteroatoms. The van der Waals surface area contributed by atoms with E-state index in [4.69, 9.17) is 5.21 Å². The summed E-state index contributed by atoms with van der Waals surface area (Å²) in [6.45, 7) is 1.73. The van der Waals surface area contributed by atoms with Gasteiger partial charge in [0.05, 0.1) is 23.1 Å². The van der Waals surface area contributed by atoms with Gasteiger partial charge in [-0.2, -0.15) is 0 Å². The average molecular weight is 175 g/mol. The summed E-state index contributed by atoms with van der Waals surface area (Å²) in [5.41, 5.74) is 2.32. The van der Waals surface area contributed by atoms with Gasteiger partial charge >= 0.3 is 0 Å². The smallest absolute Gasteiger partial charge is 0.0999 e. The molecule has 0 aromatic carbocycles. The summed E-state index contributed by atoms with van der Waals surface area (Å²) in [5, 5.41) is 12.7. The summed E-state index contributed by atoms with van der Waals surface area (Å²) in [7, 11) is 0. The van der Waals surface area contributed by atoms with Crippen molar-refractivity contribution in [3.05, 3.63) is 30.2 Å². The molecule has 0 spiro atoms. The minimum Gasteiger partial charge on any atom is -0.411 e. The number of aromatic nitrogens is 2. The second-order valence-electron chi connectivity index (χ2n) is 2.83. The zero-order valence-corrected chi connectivity index (χ0v) is 7.15. The van der Waals surface area contributed by atoms with E-state index in [0.717, 1.165) is 16.6 Å². The van der Waals surface area contributed by atoms with Crippen molar-refractivity contribution in [2.75, 3.05) is 0 Å². The Kier molecular flexibility index (Phi) is 1.73.